The van der Waals surface area contributed by atoms with Crippen LogP contribution in [0.3, 0.4) is 0 Å². The van der Waals surface area contributed by atoms with Gasteiger partial charge in [0.25, 0.3) is 5.91 Å². The summed E-state index contributed by atoms with van der Waals surface area (Å²) in [5, 5.41) is 15.3. The van der Waals surface area contributed by atoms with E-state index < -0.39 is 0 Å². The standard InChI is InChI=1S/C30H27N5O2S/c1-3-21-12-14-24(15-13-21)35-33-27-16-20(2)26(18-28(27)34-35)31-30(38)32-29(36)23-10-7-11-25(17-23)37-19-22-8-5-4-6-9-22/h4-18H,3,19H2,1-2H3,(H2,31,32,36,38). The highest BCUT2D eigenvalue weighted by atomic mass is 32.1. The SMILES string of the molecule is CCc1ccc(-n2nc3cc(C)c(NC(=S)NC(=O)c4cccc(OCc5ccccc5)c4)cc3n2)cc1. The minimum atomic E-state index is -0.326. The molecule has 0 spiro atoms. The Morgan fingerprint density at radius 1 is 0.895 bits per heavy atom. The zero-order chi connectivity index (χ0) is 26.5. The van der Waals surface area contributed by atoms with Crippen molar-refractivity contribution >= 4 is 40.0 Å². The predicted octanol–water partition coefficient (Wildman–Crippen LogP) is 6.00. The van der Waals surface area contributed by atoms with E-state index in [1.165, 1.54) is 5.56 Å². The highest BCUT2D eigenvalue weighted by Crippen LogP contribution is 2.22. The van der Waals surface area contributed by atoms with E-state index >= 15 is 0 Å². The van der Waals surface area contributed by atoms with Crippen LogP contribution in [0.15, 0.2) is 91.0 Å². The molecule has 8 heteroatoms. The summed E-state index contributed by atoms with van der Waals surface area (Å²) in [5.41, 5.74) is 6.82. The smallest absolute Gasteiger partial charge is 0.257 e. The predicted molar refractivity (Wildman–Crippen MR) is 154 cm³/mol. The molecule has 4 aromatic carbocycles. The first-order valence-electron chi connectivity index (χ1n) is 12.3. The lowest BCUT2D eigenvalue weighted by Crippen LogP contribution is -2.34. The van der Waals surface area contributed by atoms with Gasteiger partial charge in [0, 0.05) is 11.3 Å². The fraction of sp³-hybridized carbons (Fsp3) is 0.133. The van der Waals surface area contributed by atoms with Crippen LogP contribution < -0.4 is 15.4 Å². The van der Waals surface area contributed by atoms with E-state index in [4.69, 9.17) is 17.0 Å². The van der Waals surface area contributed by atoms with Crippen LogP contribution in [0.2, 0.25) is 0 Å². The molecule has 1 aromatic heterocycles. The van der Waals surface area contributed by atoms with Gasteiger partial charge in [0.1, 0.15) is 23.4 Å². The van der Waals surface area contributed by atoms with Crippen molar-refractivity contribution in [3.8, 4) is 11.4 Å². The largest absolute Gasteiger partial charge is 0.489 e. The van der Waals surface area contributed by atoms with Crippen LogP contribution in [0.25, 0.3) is 16.7 Å². The third-order valence-corrected chi connectivity index (χ3v) is 6.33. The van der Waals surface area contributed by atoms with Crippen molar-refractivity contribution in [2.75, 3.05) is 5.32 Å². The van der Waals surface area contributed by atoms with Crippen molar-refractivity contribution in [1.29, 1.82) is 0 Å². The van der Waals surface area contributed by atoms with Gasteiger partial charge in [-0.2, -0.15) is 4.80 Å². The molecule has 5 aromatic rings. The summed E-state index contributed by atoms with van der Waals surface area (Å²) in [7, 11) is 0. The van der Waals surface area contributed by atoms with Gasteiger partial charge in [-0.25, -0.2) is 0 Å². The number of thiocarbonyl (C=S) groups is 1. The number of amides is 1. The van der Waals surface area contributed by atoms with Crippen LogP contribution in [0.5, 0.6) is 5.75 Å². The van der Waals surface area contributed by atoms with E-state index in [0.717, 1.165) is 40.0 Å². The lowest BCUT2D eigenvalue weighted by Gasteiger charge is -2.12. The Hall–Kier alpha value is -4.56. The average Bonchev–Trinajstić information content (AvgIpc) is 3.35. The maximum absolute atomic E-state index is 12.9. The van der Waals surface area contributed by atoms with Crippen molar-refractivity contribution in [2.24, 2.45) is 0 Å². The zero-order valence-corrected chi connectivity index (χ0v) is 22.0. The molecule has 38 heavy (non-hydrogen) atoms. The fourth-order valence-electron chi connectivity index (χ4n) is 3.98. The number of aromatic nitrogens is 3. The highest BCUT2D eigenvalue weighted by molar-refractivity contribution is 7.80. The van der Waals surface area contributed by atoms with Gasteiger partial charge >= 0.3 is 0 Å². The van der Waals surface area contributed by atoms with Crippen LogP contribution in [-0.4, -0.2) is 26.0 Å². The Morgan fingerprint density at radius 2 is 1.63 bits per heavy atom. The van der Waals surface area contributed by atoms with Crippen LogP contribution in [0.4, 0.5) is 5.69 Å². The van der Waals surface area contributed by atoms with Gasteiger partial charge in [-0.3, -0.25) is 10.1 Å². The summed E-state index contributed by atoms with van der Waals surface area (Å²) in [6.07, 6.45) is 0.979. The molecule has 190 valence electrons. The van der Waals surface area contributed by atoms with Gasteiger partial charge in [-0.15, -0.1) is 10.2 Å². The van der Waals surface area contributed by atoms with Crippen molar-refractivity contribution in [3.63, 3.8) is 0 Å². The molecule has 0 unspecified atom stereocenters. The molecule has 0 bridgehead atoms. The summed E-state index contributed by atoms with van der Waals surface area (Å²) in [6.45, 7) is 4.50. The van der Waals surface area contributed by atoms with Gasteiger partial charge in [0.05, 0.1) is 5.69 Å². The van der Waals surface area contributed by atoms with Gasteiger partial charge in [-0.05, 0) is 84.7 Å². The second-order valence-electron chi connectivity index (χ2n) is 8.88. The second kappa shape index (κ2) is 11.2. The van der Waals surface area contributed by atoms with Gasteiger partial charge in [0.15, 0.2) is 5.11 Å². The fourth-order valence-corrected chi connectivity index (χ4v) is 4.18. The number of fused-ring (bicyclic) bond motifs is 1. The third-order valence-electron chi connectivity index (χ3n) is 6.12. The molecule has 0 saturated heterocycles. The minimum Gasteiger partial charge on any atom is -0.489 e. The summed E-state index contributed by atoms with van der Waals surface area (Å²) < 4.78 is 5.84. The van der Waals surface area contributed by atoms with Gasteiger partial charge < -0.3 is 10.1 Å². The normalized spacial score (nSPS) is 10.8. The summed E-state index contributed by atoms with van der Waals surface area (Å²) in [5.74, 6) is 0.280. The minimum absolute atomic E-state index is 0.190. The molecule has 0 fully saturated rings. The molecule has 2 N–H and O–H groups in total. The third kappa shape index (κ3) is 5.87. The Kier molecular flexibility index (Phi) is 7.42. The molecular weight excluding hydrogens is 494 g/mol. The number of carbonyl (C=O) groups excluding carboxylic acids is 1. The van der Waals surface area contributed by atoms with Gasteiger partial charge in [-0.1, -0.05) is 55.5 Å². The topological polar surface area (TPSA) is 81.1 Å². The number of hydrogen-bond donors (Lipinski definition) is 2. The van der Waals surface area contributed by atoms with Crippen LogP contribution in [-0.2, 0) is 13.0 Å². The van der Waals surface area contributed by atoms with Crippen LogP contribution in [0.1, 0.15) is 34.0 Å². The Morgan fingerprint density at radius 3 is 2.37 bits per heavy atom. The number of anilines is 1. The molecule has 5 rings (SSSR count). The Balaban J connectivity index is 1.24. The average molecular weight is 522 g/mol. The molecule has 1 heterocycles. The molecule has 0 saturated carbocycles. The number of aryl methyl sites for hydroxylation is 2. The quantitative estimate of drug-likeness (QED) is 0.256. The lowest BCUT2D eigenvalue weighted by molar-refractivity contribution is 0.0977. The Bertz CT molecular complexity index is 1600. The molecule has 0 aliphatic carbocycles. The van der Waals surface area contributed by atoms with E-state index in [9.17, 15) is 4.79 Å². The lowest BCUT2D eigenvalue weighted by atomic mass is 10.2. The van der Waals surface area contributed by atoms with E-state index in [-0.39, 0.29) is 11.0 Å². The number of rotatable bonds is 7. The second-order valence-corrected chi connectivity index (χ2v) is 9.28. The number of nitrogens with one attached hydrogen (secondary N) is 2. The molecular formula is C30H27N5O2S. The van der Waals surface area contributed by atoms with Crippen molar-refractivity contribution < 1.29 is 9.53 Å². The van der Waals surface area contributed by atoms with E-state index in [1.54, 1.807) is 23.0 Å². The molecule has 1 amide bonds. The number of hydrogen-bond acceptors (Lipinski definition) is 5. The van der Waals surface area contributed by atoms with Crippen molar-refractivity contribution in [1.82, 2.24) is 20.3 Å². The summed E-state index contributed by atoms with van der Waals surface area (Å²) in [4.78, 5) is 14.5. The summed E-state index contributed by atoms with van der Waals surface area (Å²) in [6, 6.07) is 28.9. The van der Waals surface area contributed by atoms with Crippen molar-refractivity contribution in [2.45, 2.75) is 26.9 Å². The number of nitrogens with zero attached hydrogens (tertiary/aromatic N) is 3. The van der Waals surface area contributed by atoms with Crippen LogP contribution >= 0.6 is 12.2 Å². The molecule has 0 aliphatic heterocycles. The highest BCUT2D eigenvalue weighted by Gasteiger charge is 2.13. The number of carbonyl (C=O) groups is 1. The first-order valence-corrected chi connectivity index (χ1v) is 12.8. The number of benzene rings is 4. The summed E-state index contributed by atoms with van der Waals surface area (Å²) >= 11 is 5.43. The van der Waals surface area contributed by atoms with E-state index in [1.807, 2.05) is 67.6 Å². The molecule has 0 aliphatic rings. The number of ether oxygens (including phenoxy) is 1. The van der Waals surface area contributed by atoms with E-state index in [2.05, 4.69) is 39.9 Å². The van der Waals surface area contributed by atoms with Crippen LogP contribution in [0, 0.1) is 6.92 Å². The molecule has 0 radical (unpaired) electrons. The Labute approximate surface area is 226 Å². The monoisotopic (exact) mass is 521 g/mol. The van der Waals surface area contributed by atoms with E-state index in [0.29, 0.717) is 17.9 Å². The maximum Gasteiger partial charge on any atom is 0.257 e. The first-order chi connectivity index (χ1) is 18.5. The van der Waals surface area contributed by atoms with Crippen molar-refractivity contribution in [3.05, 3.63) is 113 Å². The molecule has 7 nitrogen and oxygen atoms in total. The maximum atomic E-state index is 12.9. The zero-order valence-electron chi connectivity index (χ0n) is 21.1. The van der Waals surface area contributed by atoms with Gasteiger partial charge in [0.2, 0.25) is 0 Å². The molecule has 0 atom stereocenters. The first kappa shape index (κ1) is 25.1.